The molecule has 1 aliphatic rings. The lowest BCUT2D eigenvalue weighted by atomic mass is 10.1. The maximum absolute atomic E-state index is 13.2. The Bertz CT molecular complexity index is 1360. The summed E-state index contributed by atoms with van der Waals surface area (Å²) >= 11 is 9.57. The molecule has 3 aromatic rings. The molecule has 0 spiro atoms. The smallest absolute Gasteiger partial charge is 0.410 e. The van der Waals surface area contributed by atoms with Crippen LogP contribution in [0.3, 0.4) is 0 Å². The predicted octanol–water partition coefficient (Wildman–Crippen LogP) is 7.37. The highest BCUT2D eigenvalue weighted by Gasteiger charge is 2.27. The third-order valence-corrected chi connectivity index (χ3v) is 6.57. The van der Waals surface area contributed by atoms with E-state index in [1.165, 1.54) is 0 Å². The van der Waals surface area contributed by atoms with Crippen molar-refractivity contribution >= 4 is 45.2 Å². The molecule has 2 amide bonds. The third-order valence-electron chi connectivity index (χ3n) is 5.74. The van der Waals surface area contributed by atoms with Crippen LogP contribution in [0.25, 0.3) is 0 Å². The van der Waals surface area contributed by atoms with Crippen molar-refractivity contribution in [3.8, 4) is 11.5 Å². The van der Waals surface area contributed by atoms with Crippen LogP contribution in [-0.2, 0) is 17.9 Å². The molecule has 1 heterocycles. The van der Waals surface area contributed by atoms with Gasteiger partial charge in [-0.05, 0) is 97.2 Å². The summed E-state index contributed by atoms with van der Waals surface area (Å²) < 4.78 is 18.0. The number of hydrogen-bond donors (Lipinski definition) is 1. The molecular weight excluding hydrogens is 572 g/mol. The molecule has 0 radical (unpaired) electrons. The molecule has 0 atom stereocenters. The molecule has 7 nitrogen and oxygen atoms in total. The fourth-order valence-corrected chi connectivity index (χ4v) is 4.77. The second kappa shape index (κ2) is 11.7. The Morgan fingerprint density at radius 2 is 1.92 bits per heavy atom. The lowest BCUT2D eigenvalue weighted by Crippen LogP contribution is -2.37. The van der Waals surface area contributed by atoms with Crippen LogP contribution >= 0.6 is 27.5 Å². The van der Waals surface area contributed by atoms with Crippen molar-refractivity contribution in [2.75, 3.05) is 18.5 Å². The number of aryl methyl sites for hydroxylation is 1. The summed E-state index contributed by atoms with van der Waals surface area (Å²) in [6.45, 7) is 8.73. The van der Waals surface area contributed by atoms with E-state index in [4.69, 9.17) is 25.8 Å². The van der Waals surface area contributed by atoms with Crippen molar-refractivity contribution in [2.45, 2.75) is 46.4 Å². The van der Waals surface area contributed by atoms with E-state index in [-0.39, 0.29) is 12.5 Å². The van der Waals surface area contributed by atoms with Crippen molar-refractivity contribution < 1.29 is 23.8 Å². The summed E-state index contributed by atoms with van der Waals surface area (Å²) in [5.41, 5.74) is 3.04. The van der Waals surface area contributed by atoms with Crippen LogP contribution in [0.1, 0.15) is 47.8 Å². The molecule has 1 aliphatic heterocycles. The SMILES string of the molecule is Cc1cc(OCc2cccc(Cl)c2)ccc1NC(=O)c1cc(Br)c2c(c1)CN(C(=O)OC(C)(C)C)CCO2. The van der Waals surface area contributed by atoms with Crippen molar-refractivity contribution in [3.63, 3.8) is 0 Å². The fraction of sp³-hybridized carbons (Fsp3) is 0.310. The number of nitrogens with zero attached hydrogens (tertiary/aromatic N) is 1. The van der Waals surface area contributed by atoms with Gasteiger partial charge < -0.3 is 24.4 Å². The van der Waals surface area contributed by atoms with Gasteiger partial charge in [-0.2, -0.15) is 0 Å². The Morgan fingerprint density at radius 1 is 1.13 bits per heavy atom. The van der Waals surface area contributed by atoms with E-state index in [1.807, 2.05) is 70.2 Å². The summed E-state index contributed by atoms with van der Waals surface area (Å²) in [5.74, 6) is 1.02. The number of carbonyl (C=O) groups excluding carboxylic acids is 2. The highest BCUT2D eigenvalue weighted by Crippen LogP contribution is 2.34. The maximum Gasteiger partial charge on any atom is 0.410 e. The Balaban J connectivity index is 1.46. The lowest BCUT2D eigenvalue weighted by Gasteiger charge is -2.26. The van der Waals surface area contributed by atoms with Crippen LogP contribution in [0.2, 0.25) is 5.02 Å². The number of carbonyl (C=O) groups is 2. The molecule has 9 heteroatoms. The first-order chi connectivity index (χ1) is 18.0. The Labute approximate surface area is 236 Å². The molecule has 38 heavy (non-hydrogen) atoms. The average Bonchev–Trinajstić information content (AvgIpc) is 3.06. The van der Waals surface area contributed by atoms with Crippen molar-refractivity contribution in [1.82, 2.24) is 4.90 Å². The first kappa shape index (κ1) is 27.8. The number of amides is 2. The van der Waals surface area contributed by atoms with Gasteiger partial charge in [-0.25, -0.2) is 4.79 Å². The average molecular weight is 602 g/mol. The minimum atomic E-state index is -0.608. The number of hydrogen-bond acceptors (Lipinski definition) is 5. The minimum Gasteiger partial charge on any atom is -0.490 e. The first-order valence-electron chi connectivity index (χ1n) is 12.2. The molecule has 0 aliphatic carbocycles. The quantitative estimate of drug-likeness (QED) is 0.330. The molecule has 0 bridgehead atoms. The number of ether oxygens (including phenoxy) is 3. The molecule has 0 fully saturated rings. The van der Waals surface area contributed by atoms with Crippen molar-refractivity contribution in [3.05, 3.63) is 86.3 Å². The largest absolute Gasteiger partial charge is 0.490 e. The molecule has 4 rings (SSSR count). The van der Waals surface area contributed by atoms with Gasteiger partial charge in [0.15, 0.2) is 0 Å². The van der Waals surface area contributed by atoms with Crippen LogP contribution in [0.5, 0.6) is 11.5 Å². The topological polar surface area (TPSA) is 77.1 Å². The molecule has 0 unspecified atom stereocenters. The van der Waals surface area contributed by atoms with Crippen LogP contribution in [0, 0.1) is 6.92 Å². The second-order valence-electron chi connectivity index (χ2n) is 10.0. The Kier molecular flexibility index (Phi) is 8.53. The zero-order valence-corrected chi connectivity index (χ0v) is 24.1. The van der Waals surface area contributed by atoms with Gasteiger partial charge in [0.1, 0.15) is 30.3 Å². The fourth-order valence-electron chi connectivity index (χ4n) is 3.94. The first-order valence-corrected chi connectivity index (χ1v) is 13.4. The van der Waals surface area contributed by atoms with E-state index in [0.29, 0.717) is 52.0 Å². The maximum atomic E-state index is 13.2. The summed E-state index contributed by atoms with van der Waals surface area (Å²) in [4.78, 5) is 27.4. The normalized spacial score (nSPS) is 13.2. The number of nitrogens with one attached hydrogen (secondary N) is 1. The third kappa shape index (κ3) is 7.20. The molecule has 200 valence electrons. The van der Waals surface area contributed by atoms with E-state index < -0.39 is 11.7 Å². The van der Waals surface area contributed by atoms with Gasteiger partial charge in [-0.1, -0.05) is 23.7 Å². The minimum absolute atomic E-state index is 0.266. The highest BCUT2D eigenvalue weighted by molar-refractivity contribution is 9.10. The van der Waals surface area contributed by atoms with Crippen LogP contribution < -0.4 is 14.8 Å². The van der Waals surface area contributed by atoms with E-state index in [2.05, 4.69) is 21.2 Å². The predicted molar refractivity (Wildman–Crippen MR) is 151 cm³/mol. The van der Waals surface area contributed by atoms with Gasteiger partial charge in [-0.3, -0.25) is 4.79 Å². The number of rotatable bonds is 5. The number of anilines is 1. The van der Waals surface area contributed by atoms with Gasteiger partial charge in [0.05, 0.1) is 17.6 Å². The number of halogens is 2. The lowest BCUT2D eigenvalue weighted by molar-refractivity contribution is 0.0225. The van der Waals surface area contributed by atoms with Gasteiger partial charge in [0.25, 0.3) is 5.91 Å². The van der Waals surface area contributed by atoms with Crippen LogP contribution in [0.4, 0.5) is 10.5 Å². The Hall–Kier alpha value is -3.23. The van der Waals surface area contributed by atoms with Gasteiger partial charge in [-0.15, -0.1) is 0 Å². The standard InChI is InChI=1S/C29H30BrClN2O5/c1-18-12-23(37-17-19-6-5-7-22(31)13-19)8-9-25(18)32-27(34)20-14-21-16-33(28(35)38-29(2,3)4)10-11-36-26(21)24(30)15-20/h5-9,12-15H,10-11,16-17H2,1-4H3,(H,32,34). The highest BCUT2D eigenvalue weighted by atomic mass is 79.9. The Morgan fingerprint density at radius 3 is 2.63 bits per heavy atom. The number of benzene rings is 3. The molecule has 0 aromatic heterocycles. The van der Waals surface area contributed by atoms with E-state index in [0.717, 1.165) is 16.7 Å². The van der Waals surface area contributed by atoms with Crippen LogP contribution in [0.15, 0.2) is 59.1 Å². The van der Waals surface area contributed by atoms with E-state index in [1.54, 1.807) is 17.0 Å². The zero-order valence-electron chi connectivity index (χ0n) is 21.8. The molecule has 0 saturated carbocycles. The van der Waals surface area contributed by atoms with Gasteiger partial charge >= 0.3 is 6.09 Å². The van der Waals surface area contributed by atoms with E-state index in [9.17, 15) is 9.59 Å². The second-order valence-corrected chi connectivity index (χ2v) is 11.3. The number of fused-ring (bicyclic) bond motifs is 1. The van der Waals surface area contributed by atoms with Crippen LogP contribution in [-0.4, -0.2) is 35.7 Å². The van der Waals surface area contributed by atoms with E-state index >= 15 is 0 Å². The summed E-state index contributed by atoms with van der Waals surface area (Å²) in [6, 6.07) is 16.5. The molecular formula is C29H30BrClN2O5. The summed E-state index contributed by atoms with van der Waals surface area (Å²) in [5, 5.41) is 3.63. The summed E-state index contributed by atoms with van der Waals surface area (Å²) in [6.07, 6.45) is -0.423. The van der Waals surface area contributed by atoms with Gasteiger partial charge in [0.2, 0.25) is 0 Å². The monoisotopic (exact) mass is 600 g/mol. The molecule has 0 saturated heterocycles. The van der Waals surface area contributed by atoms with Crippen molar-refractivity contribution in [1.29, 1.82) is 0 Å². The van der Waals surface area contributed by atoms with Gasteiger partial charge in [0, 0.05) is 21.8 Å². The molecule has 3 aromatic carbocycles. The summed E-state index contributed by atoms with van der Waals surface area (Å²) in [7, 11) is 0. The zero-order chi connectivity index (χ0) is 27.4. The molecule has 1 N–H and O–H groups in total. The van der Waals surface area contributed by atoms with Crippen molar-refractivity contribution in [2.24, 2.45) is 0 Å².